The van der Waals surface area contributed by atoms with Crippen molar-refractivity contribution in [1.82, 2.24) is 15.1 Å². The summed E-state index contributed by atoms with van der Waals surface area (Å²) in [6.45, 7) is 0. The van der Waals surface area contributed by atoms with Gasteiger partial charge in [-0.05, 0) is 5.21 Å². The number of hydrogen-bond acceptors (Lipinski definition) is 5. The second-order valence-electron chi connectivity index (χ2n) is 2.66. The Morgan fingerprint density at radius 1 is 1.60 bits per heavy atom. The predicted octanol–water partition coefficient (Wildman–Crippen LogP) is 0.339. The van der Waals surface area contributed by atoms with Gasteiger partial charge in [-0.15, -0.1) is 9.89 Å². The van der Waals surface area contributed by atoms with Crippen molar-refractivity contribution in [3.05, 3.63) is 24.5 Å². The maximum absolute atomic E-state index is 10.9. The van der Waals surface area contributed by atoms with E-state index in [0.29, 0.717) is 18.2 Å². The number of rotatable bonds is 4. The zero-order valence-corrected chi connectivity index (χ0v) is 7.99. The molecular formula is C8H9N5O2. The fourth-order valence-corrected chi connectivity index (χ4v) is 1.10. The molecule has 0 atom stereocenters. The Morgan fingerprint density at radius 3 is 3.00 bits per heavy atom. The lowest BCUT2D eigenvalue weighted by molar-refractivity contribution is -0.108. The Bertz CT molecular complexity index is 436. The van der Waals surface area contributed by atoms with E-state index in [-0.39, 0.29) is 0 Å². The number of aromatic nitrogens is 3. The van der Waals surface area contributed by atoms with Crippen LogP contribution in [-0.4, -0.2) is 28.6 Å². The maximum atomic E-state index is 10.9. The first kappa shape index (κ1) is 9.25. The maximum Gasteiger partial charge on any atom is 0.237 e. The Balaban J connectivity index is 2.31. The van der Waals surface area contributed by atoms with Crippen molar-refractivity contribution in [2.75, 3.05) is 17.4 Å². The van der Waals surface area contributed by atoms with Gasteiger partial charge >= 0.3 is 0 Å². The van der Waals surface area contributed by atoms with E-state index >= 15 is 0 Å². The van der Waals surface area contributed by atoms with Gasteiger partial charge in [-0.3, -0.25) is 4.79 Å². The molecule has 2 aromatic rings. The van der Waals surface area contributed by atoms with Crippen LogP contribution in [0.2, 0.25) is 0 Å². The largest absolute Gasteiger partial charge is 0.423 e. The summed E-state index contributed by atoms with van der Waals surface area (Å²) in [5, 5.41) is 11.3. The van der Waals surface area contributed by atoms with Crippen LogP contribution in [0.25, 0.3) is 0 Å². The van der Waals surface area contributed by atoms with Crippen molar-refractivity contribution in [2.45, 2.75) is 0 Å². The highest BCUT2D eigenvalue weighted by Crippen LogP contribution is 2.20. The predicted molar refractivity (Wildman–Crippen MR) is 52.2 cm³/mol. The lowest BCUT2D eigenvalue weighted by atomic mass is 10.6. The SMILES string of the molecule is CNc1ccc(N(C=O)n2ccnn2)o1. The highest BCUT2D eigenvalue weighted by molar-refractivity contribution is 5.71. The summed E-state index contributed by atoms with van der Waals surface area (Å²) in [6, 6.07) is 3.37. The molecule has 0 bridgehead atoms. The van der Waals surface area contributed by atoms with Gasteiger partial charge < -0.3 is 9.73 Å². The zero-order valence-electron chi connectivity index (χ0n) is 7.99. The number of amides is 1. The summed E-state index contributed by atoms with van der Waals surface area (Å²) < 4.78 is 5.30. The van der Waals surface area contributed by atoms with Crippen LogP contribution in [0.4, 0.5) is 11.8 Å². The van der Waals surface area contributed by atoms with Crippen LogP contribution in [0.15, 0.2) is 28.9 Å². The quantitative estimate of drug-likeness (QED) is 0.731. The van der Waals surface area contributed by atoms with E-state index in [2.05, 4.69) is 15.6 Å². The Kier molecular flexibility index (Phi) is 2.36. The van der Waals surface area contributed by atoms with Crippen LogP contribution in [-0.2, 0) is 4.79 Å². The molecule has 2 heterocycles. The molecule has 0 aliphatic heterocycles. The van der Waals surface area contributed by atoms with Crippen LogP contribution >= 0.6 is 0 Å². The molecule has 1 amide bonds. The monoisotopic (exact) mass is 207 g/mol. The van der Waals surface area contributed by atoms with Gasteiger partial charge in [-0.2, -0.15) is 5.01 Å². The molecule has 0 aromatic carbocycles. The number of carbonyl (C=O) groups is 1. The van der Waals surface area contributed by atoms with Gasteiger partial charge in [0.15, 0.2) is 5.88 Å². The van der Waals surface area contributed by atoms with E-state index in [1.807, 2.05) is 0 Å². The van der Waals surface area contributed by atoms with Gasteiger partial charge in [0, 0.05) is 19.2 Å². The van der Waals surface area contributed by atoms with E-state index in [1.165, 1.54) is 22.2 Å². The number of carbonyl (C=O) groups excluding carboxylic acids is 1. The first-order valence-electron chi connectivity index (χ1n) is 4.24. The van der Waals surface area contributed by atoms with Crippen LogP contribution in [0.5, 0.6) is 0 Å². The zero-order chi connectivity index (χ0) is 10.7. The van der Waals surface area contributed by atoms with Gasteiger partial charge in [0.05, 0.1) is 12.4 Å². The van der Waals surface area contributed by atoms with E-state index in [4.69, 9.17) is 4.42 Å². The fraction of sp³-hybridized carbons (Fsp3) is 0.125. The minimum absolute atomic E-state index is 0.361. The van der Waals surface area contributed by atoms with Crippen molar-refractivity contribution in [3.63, 3.8) is 0 Å². The second-order valence-corrected chi connectivity index (χ2v) is 2.66. The van der Waals surface area contributed by atoms with Gasteiger partial charge in [0.1, 0.15) is 0 Å². The third-order valence-corrected chi connectivity index (χ3v) is 1.79. The lowest BCUT2D eigenvalue weighted by Crippen LogP contribution is -2.28. The van der Waals surface area contributed by atoms with Crippen molar-refractivity contribution < 1.29 is 9.21 Å². The number of hydrogen-bond donors (Lipinski definition) is 1. The highest BCUT2D eigenvalue weighted by atomic mass is 16.4. The molecule has 0 saturated heterocycles. The number of furan rings is 1. The van der Waals surface area contributed by atoms with Crippen LogP contribution in [0.3, 0.4) is 0 Å². The molecule has 15 heavy (non-hydrogen) atoms. The highest BCUT2D eigenvalue weighted by Gasteiger charge is 2.12. The van der Waals surface area contributed by atoms with E-state index in [1.54, 1.807) is 19.2 Å². The van der Waals surface area contributed by atoms with E-state index in [0.717, 1.165) is 0 Å². The van der Waals surface area contributed by atoms with Gasteiger partial charge in [0.25, 0.3) is 0 Å². The van der Waals surface area contributed by atoms with Gasteiger partial charge in [-0.25, -0.2) is 0 Å². The smallest absolute Gasteiger partial charge is 0.237 e. The summed E-state index contributed by atoms with van der Waals surface area (Å²) in [5.41, 5.74) is 0. The summed E-state index contributed by atoms with van der Waals surface area (Å²) in [6.07, 6.45) is 3.60. The van der Waals surface area contributed by atoms with Crippen molar-refractivity contribution in [1.29, 1.82) is 0 Å². The van der Waals surface area contributed by atoms with Crippen molar-refractivity contribution in [2.24, 2.45) is 0 Å². The minimum Gasteiger partial charge on any atom is -0.423 e. The molecule has 1 N–H and O–H groups in total. The molecule has 0 aliphatic carbocycles. The van der Waals surface area contributed by atoms with Crippen LogP contribution in [0, 0.1) is 0 Å². The molecule has 0 fully saturated rings. The Morgan fingerprint density at radius 2 is 2.47 bits per heavy atom. The third kappa shape index (κ3) is 1.66. The first-order chi connectivity index (χ1) is 7.35. The molecule has 7 nitrogen and oxygen atoms in total. The first-order valence-corrected chi connectivity index (χ1v) is 4.24. The molecule has 78 valence electrons. The Hall–Kier alpha value is -2.31. The van der Waals surface area contributed by atoms with Crippen molar-refractivity contribution in [3.8, 4) is 0 Å². The topological polar surface area (TPSA) is 76.2 Å². The lowest BCUT2D eigenvalue weighted by Gasteiger charge is -2.11. The van der Waals surface area contributed by atoms with E-state index < -0.39 is 0 Å². The number of nitrogens with zero attached hydrogens (tertiary/aromatic N) is 4. The summed E-state index contributed by atoms with van der Waals surface area (Å²) in [4.78, 5) is 12.1. The molecule has 0 aliphatic rings. The summed E-state index contributed by atoms with van der Waals surface area (Å²) in [5.74, 6) is 0.928. The molecule has 0 unspecified atom stereocenters. The fourth-order valence-electron chi connectivity index (χ4n) is 1.10. The Labute approximate surface area is 85.2 Å². The second kappa shape index (κ2) is 3.82. The molecule has 0 saturated carbocycles. The molecule has 2 aromatic heterocycles. The third-order valence-electron chi connectivity index (χ3n) is 1.79. The normalized spacial score (nSPS) is 9.93. The molecule has 0 radical (unpaired) electrons. The number of anilines is 2. The molecular weight excluding hydrogens is 198 g/mol. The average molecular weight is 207 g/mol. The minimum atomic E-state index is 0.361. The van der Waals surface area contributed by atoms with E-state index in [9.17, 15) is 4.79 Å². The van der Waals surface area contributed by atoms with Crippen LogP contribution in [0.1, 0.15) is 0 Å². The molecule has 0 spiro atoms. The van der Waals surface area contributed by atoms with Gasteiger partial charge in [-0.1, -0.05) is 0 Å². The van der Waals surface area contributed by atoms with Crippen molar-refractivity contribution >= 4 is 18.2 Å². The standard InChI is InChI=1S/C8H9N5O2/c1-9-7-2-3-8(15-7)12(6-14)13-5-4-10-11-13/h2-6,9H,1H3. The number of nitrogens with one attached hydrogen (secondary N) is 1. The summed E-state index contributed by atoms with van der Waals surface area (Å²) in [7, 11) is 1.73. The summed E-state index contributed by atoms with van der Waals surface area (Å²) >= 11 is 0. The molecule has 2 rings (SSSR count). The molecule has 7 heteroatoms. The average Bonchev–Trinajstić information content (AvgIpc) is 2.89. The van der Waals surface area contributed by atoms with Gasteiger partial charge in [0.2, 0.25) is 12.3 Å². The van der Waals surface area contributed by atoms with Crippen LogP contribution < -0.4 is 10.3 Å².